The molecule has 0 amide bonds. The quantitative estimate of drug-likeness (QED) is 0.578. The summed E-state index contributed by atoms with van der Waals surface area (Å²) in [6, 6.07) is 6.23. The molecule has 0 saturated heterocycles. The van der Waals surface area contributed by atoms with Crippen molar-refractivity contribution in [1.82, 2.24) is 4.72 Å². The predicted octanol–water partition coefficient (Wildman–Crippen LogP) is 2.74. The molecule has 0 bridgehead atoms. The molecule has 0 aromatic heterocycles. The summed E-state index contributed by atoms with van der Waals surface area (Å²) < 4.78 is 31.0. The lowest BCUT2D eigenvalue weighted by Gasteiger charge is -2.18. The van der Waals surface area contributed by atoms with Crippen molar-refractivity contribution < 1.29 is 23.1 Å². The normalized spacial score (nSPS) is 12.1. The molecule has 0 unspecified atom stereocenters. The fraction of sp³-hybridized carbons (Fsp3) is 0.562. The maximum absolute atomic E-state index is 12.1. The highest BCUT2D eigenvalue weighted by Crippen LogP contribution is 2.25. The maximum Gasteiger partial charge on any atom is 0.319 e. The third-order valence-corrected chi connectivity index (χ3v) is 6.33. The van der Waals surface area contributed by atoms with E-state index in [1.165, 1.54) is 31.0 Å². The average Bonchev–Trinajstić information content (AvgIpc) is 2.53. The van der Waals surface area contributed by atoms with Gasteiger partial charge in [0.05, 0.1) is 12.0 Å². The molecule has 1 aromatic rings. The van der Waals surface area contributed by atoms with E-state index < -0.39 is 20.7 Å². The fourth-order valence-electron chi connectivity index (χ4n) is 1.84. The number of methoxy groups -OCH3 is 1. The van der Waals surface area contributed by atoms with E-state index in [1.54, 1.807) is 26.0 Å². The van der Waals surface area contributed by atoms with Gasteiger partial charge in [0.1, 0.15) is 10.5 Å². The Morgan fingerprint density at radius 2 is 1.83 bits per heavy atom. The minimum absolute atomic E-state index is 0.210. The molecule has 1 rings (SSSR count). The molecule has 0 aliphatic rings. The summed E-state index contributed by atoms with van der Waals surface area (Å²) in [5, 5.41) is 9.01. The van der Waals surface area contributed by atoms with E-state index in [0.29, 0.717) is 18.7 Å². The van der Waals surface area contributed by atoms with Crippen LogP contribution in [0.25, 0.3) is 0 Å². The summed E-state index contributed by atoms with van der Waals surface area (Å²) in [7, 11) is -1.98. The molecule has 0 saturated carbocycles. The van der Waals surface area contributed by atoms with Gasteiger partial charge in [-0.15, -0.1) is 11.8 Å². The Labute approximate surface area is 148 Å². The summed E-state index contributed by atoms with van der Waals surface area (Å²) in [5.74, 6) is 0.528. The lowest BCUT2D eigenvalue weighted by Crippen LogP contribution is -2.27. The molecule has 2 N–H and O–H groups in total. The summed E-state index contributed by atoms with van der Waals surface area (Å²) in [4.78, 5) is 11.2. The number of rotatable bonds is 11. The SMILES string of the molecule is COc1ccc(S(=O)(=O)NCCCCCSC(C)(C)C(=O)O)cc1. The van der Waals surface area contributed by atoms with Crippen molar-refractivity contribution in [3.8, 4) is 5.75 Å². The van der Waals surface area contributed by atoms with Crippen LogP contribution in [-0.4, -0.2) is 43.6 Å². The number of carboxylic acid groups (broad SMARTS) is 1. The van der Waals surface area contributed by atoms with Gasteiger partial charge in [-0.2, -0.15) is 0 Å². The van der Waals surface area contributed by atoms with Crippen molar-refractivity contribution in [3.63, 3.8) is 0 Å². The number of thioether (sulfide) groups is 1. The highest BCUT2D eigenvalue weighted by atomic mass is 32.2. The molecule has 8 heteroatoms. The number of hydrogen-bond donors (Lipinski definition) is 2. The summed E-state index contributed by atoms with van der Waals surface area (Å²) in [6.45, 7) is 3.73. The van der Waals surface area contributed by atoms with Crippen molar-refractivity contribution in [2.45, 2.75) is 42.8 Å². The van der Waals surface area contributed by atoms with Gasteiger partial charge in [-0.05, 0) is 56.7 Å². The number of ether oxygens (including phenoxy) is 1. The minimum atomic E-state index is -3.50. The Balaban J connectivity index is 2.28. The largest absolute Gasteiger partial charge is 0.497 e. The molecule has 0 spiro atoms. The maximum atomic E-state index is 12.1. The zero-order valence-electron chi connectivity index (χ0n) is 14.2. The second kappa shape index (κ2) is 9.29. The van der Waals surface area contributed by atoms with Gasteiger partial charge in [0.25, 0.3) is 0 Å². The smallest absolute Gasteiger partial charge is 0.319 e. The van der Waals surface area contributed by atoms with E-state index in [1.807, 2.05) is 0 Å². The minimum Gasteiger partial charge on any atom is -0.497 e. The molecule has 0 aliphatic heterocycles. The highest BCUT2D eigenvalue weighted by molar-refractivity contribution is 8.01. The Hall–Kier alpha value is -1.25. The Morgan fingerprint density at radius 1 is 1.21 bits per heavy atom. The molecule has 6 nitrogen and oxygen atoms in total. The van der Waals surface area contributed by atoms with Crippen LogP contribution < -0.4 is 9.46 Å². The van der Waals surface area contributed by atoms with Gasteiger partial charge in [-0.25, -0.2) is 13.1 Å². The average molecular weight is 376 g/mol. The monoisotopic (exact) mass is 375 g/mol. The van der Waals surface area contributed by atoms with Crippen molar-refractivity contribution in [2.75, 3.05) is 19.4 Å². The topological polar surface area (TPSA) is 92.7 Å². The second-order valence-corrected chi connectivity index (χ2v) is 9.28. The van der Waals surface area contributed by atoms with E-state index in [2.05, 4.69) is 4.72 Å². The number of aliphatic carboxylic acids is 1. The fourth-order valence-corrected chi connectivity index (χ4v) is 3.89. The second-order valence-electron chi connectivity index (χ2n) is 5.80. The van der Waals surface area contributed by atoms with Crippen LogP contribution in [-0.2, 0) is 14.8 Å². The number of sulfonamides is 1. The van der Waals surface area contributed by atoms with E-state index in [9.17, 15) is 13.2 Å². The molecule has 136 valence electrons. The first kappa shape index (κ1) is 20.8. The molecular formula is C16H25NO5S2. The Bertz CT molecular complexity index is 626. The van der Waals surface area contributed by atoms with Gasteiger partial charge in [0.2, 0.25) is 10.0 Å². The van der Waals surface area contributed by atoms with Gasteiger partial charge in [0, 0.05) is 6.54 Å². The van der Waals surface area contributed by atoms with Crippen molar-refractivity contribution in [2.24, 2.45) is 0 Å². The zero-order valence-corrected chi connectivity index (χ0v) is 15.9. The number of nitrogens with one attached hydrogen (secondary N) is 1. The first-order valence-corrected chi connectivity index (χ1v) is 10.2. The lowest BCUT2D eigenvalue weighted by molar-refractivity contribution is -0.138. The van der Waals surface area contributed by atoms with Crippen LogP contribution in [0.4, 0.5) is 0 Å². The standard InChI is InChI=1S/C16H25NO5S2/c1-16(2,15(18)19)23-12-6-4-5-11-17-24(20,21)14-9-7-13(22-3)8-10-14/h7-10,17H,4-6,11-12H2,1-3H3,(H,18,19). The third-order valence-electron chi connectivity index (χ3n) is 3.46. The zero-order chi connectivity index (χ0) is 18.2. The Morgan fingerprint density at radius 3 is 2.38 bits per heavy atom. The number of hydrogen-bond acceptors (Lipinski definition) is 5. The molecule has 24 heavy (non-hydrogen) atoms. The van der Waals surface area contributed by atoms with Crippen molar-refractivity contribution >= 4 is 27.8 Å². The molecule has 0 heterocycles. The van der Waals surface area contributed by atoms with Crippen LogP contribution in [0.2, 0.25) is 0 Å². The lowest BCUT2D eigenvalue weighted by atomic mass is 10.2. The summed E-state index contributed by atoms with van der Waals surface area (Å²) in [5.41, 5.74) is 0. The van der Waals surface area contributed by atoms with Crippen molar-refractivity contribution in [1.29, 1.82) is 0 Å². The van der Waals surface area contributed by atoms with Crippen LogP contribution in [0, 0.1) is 0 Å². The molecule has 0 radical (unpaired) electrons. The third kappa shape index (κ3) is 6.70. The van der Waals surface area contributed by atoms with E-state index >= 15 is 0 Å². The summed E-state index contributed by atoms with van der Waals surface area (Å²) >= 11 is 1.40. The van der Waals surface area contributed by atoms with Crippen LogP contribution in [0.1, 0.15) is 33.1 Å². The molecule has 1 aromatic carbocycles. The van der Waals surface area contributed by atoms with Gasteiger partial charge < -0.3 is 9.84 Å². The summed E-state index contributed by atoms with van der Waals surface area (Å²) in [6.07, 6.45) is 2.41. The molecule has 0 atom stereocenters. The predicted molar refractivity (Wildman–Crippen MR) is 96.2 cm³/mol. The van der Waals surface area contributed by atoms with Crippen LogP contribution in [0.15, 0.2) is 29.2 Å². The van der Waals surface area contributed by atoms with Crippen LogP contribution >= 0.6 is 11.8 Å². The van der Waals surface area contributed by atoms with Gasteiger partial charge >= 0.3 is 5.97 Å². The molecular weight excluding hydrogens is 350 g/mol. The first-order valence-electron chi connectivity index (χ1n) is 7.70. The number of unbranched alkanes of at least 4 members (excludes halogenated alkanes) is 2. The van der Waals surface area contributed by atoms with Crippen LogP contribution in [0.5, 0.6) is 5.75 Å². The van der Waals surface area contributed by atoms with Gasteiger partial charge in [0.15, 0.2) is 0 Å². The number of benzene rings is 1. The molecule has 0 fully saturated rings. The van der Waals surface area contributed by atoms with E-state index in [0.717, 1.165) is 18.6 Å². The van der Waals surface area contributed by atoms with Crippen LogP contribution in [0.3, 0.4) is 0 Å². The highest BCUT2D eigenvalue weighted by Gasteiger charge is 2.26. The molecule has 0 aliphatic carbocycles. The van der Waals surface area contributed by atoms with E-state index in [-0.39, 0.29) is 4.90 Å². The number of carboxylic acids is 1. The number of carbonyl (C=O) groups is 1. The van der Waals surface area contributed by atoms with Gasteiger partial charge in [-0.1, -0.05) is 6.42 Å². The first-order chi connectivity index (χ1) is 11.2. The van der Waals surface area contributed by atoms with Gasteiger partial charge in [-0.3, -0.25) is 4.79 Å². The van der Waals surface area contributed by atoms with Crippen molar-refractivity contribution in [3.05, 3.63) is 24.3 Å². The van der Waals surface area contributed by atoms with E-state index in [4.69, 9.17) is 9.84 Å². The Kier molecular flexibility index (Phi) is 8.05.